The Morgan fingerprint density at radius 2 is 1.11 bits per heavy atom. The number of amides is 2. The zero-order valence-corrected chi connectivity index (χ0v) is 49.6. The lowest BCUT2D eigenvalue weighted by Gasteiger charge is -2.35. The van der Waals surface area contributed by atoms with E-state index >= 15 is 0 Å². The van der Waals surface area contributed by atoms with Crippen LogP contribution >= 0.6 is 0 Å². The molecule has 2 fully saturated rings. The van der Waals surface area contributed by atoms with Crippen LogP contribution in [0.3, 0.4) is 0 Å². The molecule has 33 heteroatoms. The number of hydrogen-bond acceptors (Lipinski definition) is 18. The maximum Gasteiger partial charge on any atom is 0.573 e. The first-order chi connectivity index (χ1) is 41.5. The van der Waals surface area contributed by atoms with Gasteiger partial charge in [0.2, 0.25) is 26.0 Å². The lowest BCUT2D eigenvalue weighted by molar-refractivity contribution is -0.276. The zero-order valence-electron chi connectivity index (χ0n) is 48.0. The van der Waals surface area contributed by atoms with Gasteiger partial charge in [-0.05, 0) is 142 Å². The number of aryl methyl sites for hydroxylation is 2. The number of aliphatic imine (C=N–C) groups is 1. The van der Waals surface area contributed by atoms with Gasteiger partial charge in [0, 0.05) is 62.0 Å². The smallest absolute Gasteiger partial charge is 0.493 e. The Morgan fingerprint density at radius 1 is 0.697 bits per heavy atom. The minimum Gasteiger partial charge on any atom is -0.493 e. The fourth-order valence-corrected chi connectivity index (χ4v) is 10.7. The van der Waals surface area contributed by atoms with Crippen LogP contribution in [0.15, 0.2) is 88.6 Å². The molecule has 3 aliphatic rings. The number of carboxylic acid groups (broad SMARTS) is 1. The second kappa shape index (κ2) is 32.4. The molecule has 0 radical (unpaired) electrons. The van der Waals surface area contributed by atoms with Crippen molar-refractivity contribution in [3.05, 3.63) is 129 Å². The van der Waals surface area contributed by atoms with E-state index in [0.29, 0.717) is 35.6 Å². The van der Waals surface area contributed by atoms with Gasteiger partial charge < -0.3 is 66.4 Å². The maximum absolute atomic E-state index is 13.8. The summed E-state index contributed by atoms with van der Waals surface area (Å²) in [6.45, 7) is 5.53. The number of aliphatic hydroxyl groups is 5. The molecule has 3 aliphatic heterocycles. The molecule has 0 saturated carbocycles. The van der Waals surface area contributed by atoms with Gasteiger partial charge in [-0.2, -0.15) is 8.61 Å². The van der Waals surface area contributed by atoms with E-state index in [0.717, 1.165) is 51.8 Å². The number of hydrogen-bond donors (Lipinski definition) is 9. The number of primary amides is 1. The van der Waals surface area contributed by atoms with Crippen LogP contribution in [-0.4, -0.2) is 175 Å². The van der Waals surface area contributed by atoms with Crippen molar-refractivity contribution in [1.82, 2.24) is 13.9 Å². The topological polar surface area (TPSA) is 361 Å². The van der Waals surface area contributed by atoms with Gasteiger partial charge in [0.1, 0.15) is 22.9 Å². The number of piperidine rings is 2. The van der Waals surface area contributed by atoms with Crippen LogP contribution < -0.4 is 35.7 Å². The van der Waals surface area contributed by atoms with Gasteiger partial charge in [-0.3, -0.25) is 14.6 Å². The molecule has 89 heavy (non-hydrogen) atoms. The molecule has 23 nitrogen and oxygen atoms in total. The molecule has 492 valence electrons. The molecular formula is C56H68F8N6O17S2. The number of nitrogens with two attached hydrogens (primary N) is 2. The van der Waals surface area contributed by atoms with Gasteiger partial charge in [-0.1, -0.05) is 12.1 Å². The van der Waals surface area contributed by atoms with Crippen LogP contribution in [0.25, 0.3) is 12.2 Å². The first kappa shape index (κ1) is 74.1. The number of amidine groups is 1. The van der Waals surface area contributed by atoms with Crippen LogP contribution in [0, 0.1) is 25.5 Å². The molecule has 7 rings (SSSR count). The van der Waals surface area contributed by atoms with Gasteiger partial charge in [0.25, 0.3) is 5.91 Å². The third-order valence-corrected chi connectivity index (χ3v) is 16.5. The average molecular weight is 1310 g/mol. The highest BCUT2D eigenvalue weighted by molar-refractivity contribution is 7.92. The standard InChI is InChI=1S/C27H29F4N3O7S.C19H29N3O6S.C8H4F4O3.C2H6O/c1-17-14-21(40-12-6-20(36)16-35)4-2-18(17)7-13-42(38,39)34-10-8-26(9-11-34)25(37)32-24(33-26)19-3-5-22(28)23(15-19)41-27(29,30)31;1-14-12-17(28-10-4-16(24)13-23)3-2-15(14)5-11-29(26,27)22-8-6-19(21,7-9-22)18(20)25;9-5-2-1-4(7(13)14)3-6(5)15-8(10,11)12;1-2-3/h2-5,7,13-15,20,35-36H,6,8-12,16H2,1H3,(H,32,33,37);2-3,5,11-12,16,23-24H,4,6-10,13,21H2,1H3,(H2,20,25);1-3H,(H,13,14);3H,2H2,1H3/b13-7+;11-5+;;. The number of aromatic carboxylic acids is 1. The summed E-state index contributed by atoms with van der Waals surface area (Å²) in [6.07, 6.45) is -7.90. The van der Waals surface area contributed by atoms with Crippen molar-refractivity contribution < 1.29 is 116 Å². The molecule has 1 spiro atoms. The third-order valence-electron chi connectivity index (χ3n) is 13.4. The second-order valence-electron chi connectivity index (χ2n) is 20.0. The Kier molecular flexibility index (Phi) is 27.0. The van der Waals surface area contributed by atoms with E-state index in [9.17, 15) is 76.6 Å². The summed E-state index contributed by atoms with van der Waals surface area (Å²) in [5, 5.41) is 57.1. The van der Waals surface area contributed by atoms with Crippen LogP contribution in [0.2, 0.25) is 0 Å². The molecule has 4 aromatic carbocycles. The molecule has 2 saturated heterocycles. The predicted molar refractivity (Wildman–Crippen MR) is 306 cm³/mol. The largest absolute Gasteiger partial charge is 0.573 e. The number of alkyl halides is 6. The fraction of sp³-hybridized carbons (Fsp3) is 0.429. The summed E-state index contributed by atoms with van der Waals surface area (Å²) in [6, 6.07) is 14.9. The number of rotatable bonds is 21. The lowest BCUT2D eigenvalue weighted by Crippen LogP contribution is -2.58. The number of aliphatic hydroxyl groups excluding tert-OH is 5. The van der Waals surface area contributed by atoms with Crippen molar-refractivity contribution in [2.24, 2.45) is 16.5 Å². The minimum atomic E-state index is -5.11. The molecule has 2 unspecified atom stereocenters. The van der Waals surface area contributed by atoms with Gasteiger partial charge >= 0.3 is 18.7 Å². The molecule has 0 aliphatic carbocycles. The Hall–Kier alpha value is -7.34. The quantitative estimate of drug-likeness (QED) is 0.0496. The van der Waals surface area contributed by atoms with E-state index in [-0.39, 0.29) is 103 Å². The number of halogens is 8. The first-order valence-electron chi connectivity index (χ1n) is 26.9. The number of sulfonamides is 2. The van der Waals surface area contributed by atoms with E-state index in [1.807, 2.05) is 6.92 Å². The zero-order chi connectivity index (χ0) is 66.7. The molecule has 2 atom stereocenters. The number of ether oxygens (including phenoxy) is 4. The third kappa shape index (κ3) is 22.9. The van der Waals surface area contributed by atoms with Crippen molar-refractivity contribution in [3.63, 3.8) is 0 Å². The van der Waals surface area contributed by atoms with Crippen molar-refractivity contribution >= 4 is 55.8 Å². The van der Waals surface area contributed by atoms with Crippen LogP contribution in [0.5, 0.6) is 23.0 Å². The van der Waals surface area contributed by atoms with Gasteiger partial charge in [-0.15, -0.1) is 26.3 Å². The van der Waals surface area contributed by atoms with E-state index < -0.39 is 103 Å². The van der Waals surface area contributed by atoms with Crippen molar-refractivity contribution in [1.29, 1.82) is 0 Å². The summed E-state index contributed by atoms with van der Waals surface area (Å²) in [7, 11) is -7.52. The molecule has 4 aromatic rings. The number of nitrogens with zero attached hydrogens (tertiary/aromatic N) is 3. The number of carbonyl (C=O) groups excluding carboxylic acids is 2. The summed E-state index contributed by atoms with van der Waals surface area (Å²) in [5.41, 5.74) is 11.2. The fourth-order valence-electron chi connectivity index (χ4n) is 8.33. The van der Waals surface area contributed by atoms with E-state index in [4.69, 9.17) is 41.4 Å². The van der Waals surface area contributed by atoms with Gasteiger partial charge in [0.15, 0.2) is 23.1 Å². The van der Waals surface area contributed by atoms with E-state index in [1.165, 1.54) is 20.8 Å². The highest BCUT2D eigenvalue weighted by atomic mass is 32.2. The van der Waals surface area contributed by atoms with E-state index in [2.05, 4.69) is 19.8 Å². The molecule has 2 amide bonds. The summed E-state index contributed by atoms with van der Waals surface area (Å²) in [5.74, 6) is -6.31. The minimum absolute atomic E-state index is 0.00778. The Labute approximate surface area is 506 Å². The monoisotopic (exact) mass is 1310 g/mol. The summed E-state index contributed by atoms with van der Waals surface area (Å²) < 4.78 is 171. The highest BCUT2D eigenvalue weighted by Gasteiger charge is 2.48. The highest BCUT2D eigenvalue weighted by Crippen LogP contribution is 2.35. The first-order valence-corrected chi connectivity index (χ1v) is 29.9. The van der Waals surface area contributed by atoms with Gasteiger partial charge in [-0.25, -0.2) is 30.4 Å². The summed E-state index contributed by atoms with van der Waals surface area (Å²) in [4.78, 5) is 39.0. The Morgan fingerprint density at radius 3 is 1.51 bits per heavy atom. The lowest BCUT2D eigenvalue weighted by atomic mass is 9.89. The van der Waals surface area contributed by atoms with Gasteiger partial charge in [0.05, 0.1) is 49.7 Å². The van der Waals surface area contributed by atoms with Crippen molar-refractivity contribution in [3.8, 4) is 23.0 Å². The van der Waals surface area contributed by atoms with E-state index in [1.54, 1.807) is 50.2 Å². The van der Waals surface area contributed by atoms with Crippen molar-refractivity contribution in [2.75, 3.05) is 59.2 Å². The Bertz CT molecular complexity index is 3390. The average Bonchev–Trinajstić information content (AvgIpc) is 1.69. The molecule has 11 N–H and O–H groups in total. The summed E-state index contributed by atoms with van der Waals surface area (Å²) >= 11 is 0. The number of carbonyl (C=O) groups is 3. The Balaban J connectivity index is 0.000000310. The molecular weight excluding hydrogens is 1240 g/mol. The maximum atomic E-state index is 13.8. The van der Waals surface area contributed by atoms with Crippen LogP contribution in [-0.2, 0) is 29.6 Å². The number of nitrogens with one attached hydrogen (secondary N) is 1. The van der Waals surface area contributed by atoms with Crippen LogP contribution in [0.4, 0.5) is 35.1 Å². The second-order valence-corrected chi connectivity index (χ2v) is 23.6. The van der Waals surface area contributed by atoms with Crippen LogP contribution in [0.1, 0.15) is 83.6 Å². The van der Waals surface area contributed by atoms with Crippen molar-refractivity contribution in [2.45, 2.75) is 95.3 Å². The predicted octanol–water partition coefficient (Wildman–Crippen LogP) is 4.98. The SMILES string of the molecule is CCO.Cc1cc(OCCC(O)CO)ccc1/C=C/S(=O)(=O)N1CCC(N)(C(N)=O)CC1.Cc1cc(OCCC(O)CO)ccc1/C=C/S(=O)(=O)N1CCC2(CC1)N=C(c1ccc(F)c(OC(F)(F)F)c1)NC2=O.O=C(O)c1ccc(F)c(OC(F)(F)F)c1. The molecule has 0 aromatic heterocycles. The number of carboxylic acids is 1. The molecule has 3 heterocycles. The number of benzene rings is 4. The molecule has 0 bridgehead atoms. The normalized spacial score (nSPS) is 16.8.